The van der Waals surface area contributed by atoms with Gasteiger partial charge in [0.15, 0.2) is 17.3 Å². The molecule has 0 aliphatic rings. The molecule has 0 spiro atoms. The van der Waals surface area contributed by atoms with Crippen molar-refractivity contribution in [3.05, 3.63) is 101 Å². The van der Waals surface area contributed by atoms with Crippen LogP contribution in [0.4, 0.5) is 4.39 Å². The van der Waals surface area contributed by atoms with Gasteiger partial charge in [0.25, 0.3) is 0 Å². The van der Waals surface area contributed by atoms with Gasteiger partial charge in [-0.15, -0.1) is 12.4 Å². The molecule has 3 aromatic rings. The molecule has 0 saturated carbocycles. The van der Waals surface area contributed by atoms with Gasteiger partial charge in [-0.1, -0.05) is 54.6 Å². The van der Waals surface area contributed by atoms with Crippen molar-refractivity contribution in [2.24, 2.45) is 0 Å². The lowest BCUT2D eigenvalue weighted by Gasteiger charge is -2.17. The molecule has 3 aromatic carbocycles. The summed E-state index contributed by atoms with van der Waals surface area (Å²) in [7, 11) is 3.46. The molecule has 0 aromatic heterocycles. The topological polar surface area (TPSA) is 29.5 Å². The minimum Gasteiger partial charge on any atom is -0.494 e. The number of ketones is 1. The molecule has 0 N–H and O–H groups in total. The molecule has 0 heterocycles. The highest BCUT2D eigenvalue weighted by Crippen LogP contribution is 2.20. The van der Waals surface area contributed by atoms with E-state index in [1.54, 1.807) is 18.2 Å². The first kappa shape index (κ1) is 21.6. The number of methoxy groups -OCH3 is 1. The second-order valence-electron chi connectivity index (χ2n) is 6.53. The van der Waals surface area contributed by atoms with E-state index in [-0.39, 0.29) is 23.9 Å². The van der Waals surface area contributed by atoms with Crippen LogP contribution in [0.15, 0.2) is 72.8 Å². The first-order valence-corrected chi connectivity index (χ1v) is 8.76. The number of ether oxygens (including phenoxy) is 1. The van der Waals surface area contributed by atoms with E-state index in [9.17, 15) is 9.18 Å². The molecule has 0 aliphatic heterocycles. The Kier molecular flexibility index (Phi) is 7.73. The summed E-state index contributed by atoms with van der Waals surface area (Å²) in [6, 6.07) is 22.0. The molecular formula is C23H23ClFNO2. The second kappa shape index (κ2) is 10.0. The molecule has 0 saturated heterocycles. The zero-order chi connectivity index (χ0) is 19.2. The van der Waals surface area contributed by atoms with E-state index in [0.717, 1.165) is 18.7 Å². The number of carbonyl (C=O) groups is 1. The highest BCUT2D eigenvalue weighted by atomic mass is 35.5. The molecule has 0 aliphatic carbocycles. The Labute approximate surface area is 171 Å². The highest BCUT2D eigenvalue weighted by molar-refractivity contribution is 6.09. The van der Waals surface area contributed by atoms with Crippen molar-refractivity contribution in [3.8, 4) is 5.75 Å². The number of rotatable bonds is 7. The summed E-state index contributed by atoms with van der Waals surface area (Å²) in [5, 5.41) is 0. The van der Waals surface area contributed by atoms with Gasteiger partial charge in [-0.25, -0.2) is 4.39 Å². The zero-order valence-corrected chi connectivity index (χ0v) is 16.7. The third-order valence-electron chi connectivity index (χ3n) is 4.38. The Morgan fingerprint density at radius 1 is 0.893 bits per heavy atom. The summed E-state index contributed by atoms with van der Waals surface area (Å²) in [6.45, 7) is 1.63. The van der Waals surface area contributed by atoms with Crippen LogP contribution >= 0.6 is 12.4 Å². The minimum absolute atomic E-state index is 0. The monoisotopic (exact) mass is 399 g/mol. The Morgan fingerprint density at radius 3 is 2.04 bits per heavy atom. The first-order valence-electron chi connectivity index (χ1n) is 8.76. The SMILES string of the molecule is COc1ccc(C(=O)c2ccc(CN(C)Cc3ccccc3)cc2)cc1F.Cl. The number of hydrogen-bond donors (Lipinski definition) is 0. The van der Waals surface area contributed by atoms with Gasteiger partial charge in [0.05, 0.1) is 7.11 Å². The molecule has 0 unspecified atom stereocenters. The maximum atomic E-state index is 13.8. The Bertz CT molecular complexity index is 914. The fraction of sp³-hybridized carbons (Fsp3) is 0.174. The van der Waals surface area contributed by atoms with E-state index in [4.69, 9.17) is 4.74 Å². The van der Waals surface area contributed by atoms with E-state index >= 15 is 0 Å². The average molecular weight is 400 g/mol. The summed E-state index contributed by atoms with van der Waals surface area (Å²) in [5.41, 5.74) is 3.22. The third-order valence-corrected chi connectivity index (χ3v) is 4.38. The van der Waals surface area contributed by atoms with Gasteiger partial charge in [0.2, 0.25) is 0 Å². The molecule has 0 radical (unpaired) electrons. The number of nitrogens with zero attached hydrogens (tertiary/aromatic N) is 1. The lowest BCUT2D eigenvalue weighted by atomic mass is 10.0. The largest absolute Gasteiger partial charge is 0.494 e. The number of benzene rings is 3. The van der Waals surface area contributed by atoms with Crippen LogP contribution in [-0.2, 0) is 13.1 Å². The van der Waals surface area contributed by atoms with E-state index in [0.29, 0.717) is 11.1 Å². The van der Waals surface area contributed by atoms with Gasteiger partial charge in [0, 0.05) is 24.2 Å². The summed E-state index contributed by atoms with van der Waals surface area (Å²) in [4.78, 5) is 14.8. The third kappa shape index (κ3) is 5.41. The quantitative estimate of drug-likeness (QED) is 0.516. The molecule has 28 heavy (non-hydrogen) atoms. The number of carbonyl (C=O) groups excluding carboxylic acids is 1. The summed E-state index contributed by atoms with van der Waals surface area (Å²) >= 11 is 0. The van der Waals surface area contributed by atoms with Crippen molar-refractivity contribution in [1.82, 2.24) is 4.90 Å². The van der Waals surface area contributed by atoms with Gasteiger partial charge in [0.1, 0.15) is 0 Å². The van der Waals surface area contributed by atoms with Crippen molar-refractivity contribution >= 4 is 18.2 Å². The molecule has 5 heteroatoms. The zero-order valence-electron chi connectivity index (χ0n) is 15.9. The maximum Gasteiger partial charge on any atom is 0.193 e. The van der Waals surface area contributed by atoms with E-state index in [2.05, 4.69) is 24.1 Å². The van der Waals surface area contributed by atoms with Gasteiger partial charge < -0.3 is 4.74 Å². The van der Waals surface area contributed by atoms with Crippen molar-refractivity contribution in [1.29, 1.82) is 0 Å². The molecule has 0 atom stereocenters. The molecule has 0 fully saturated rings. The van der Waals surface area contributed by atoms with Crippen LogP contribution in [0, 0.1) is 5.82 Å². The fourth-order valence-electron chi connectivity index (χ4n) is 3.00. The molecule has 3 nitrogen and oxygen atoms in total. The summed E-state index contributed by atoms with van der Waals surface area (Å²) < 4.78 is 18.7. The van der Waals surface area contributed by atoms with E-state index in [1.165, 1.54) is 24.8 Å². The van der Waals surface area contributed by atoms with E-state index in [1.807, 2.05) is 30.3 Å². The van der Waals surface area contributed by atoms with Crippen LogP contribution in [0.2, 0.25) is 0 Å². The van der Waals surface area contributed by atoms with Crippen molar-refractivity contribution in [2.75, 3.05) is 14.2 Å². The van der Waals surface area contributed by atoms with Gasteiger partial charge >= 0.3 is 0 Å². The van der Waals surface area contributed by atoms with Crippen molar-refractivity contribution in [2.45, 2.75) is 13.1 Å². The maximum absolute atomic E-state index is 13.8. The summed E-state index contributed by atoms with van der Waals surface area (Å²) in [5.74, 6) is -0.619. The fourth-order valence-corrected chi connectivity index (χ4v) is 3.00. The number of halogens is 2. The smallest absolute Gasteiger partial charge is 0.193 e. The molecule has 3 rings (SSSR count). The van der Waals surface area contributed by atoms with Crippen LogP contribution in [0.1, 0.15) is 27.0 Å². The van der Waals surface area contributed by atoms with Crippen molar-refractivity contribution < 1.29 is 13.9 Å². The van der Waals surface area contributed by atoms with Crippen LogP contribution in [-0.4, -0.2) is 24.8 Å². The predicted octanol–water partition coefficient (Wildman–Crippen LogP) is 5.12. The van der Waals surface area contributed by atoms with Crippen LogP contribution in [0.3, 0.4) is 0 Å². The minimum atomic E-state index is -0.539. The second-order valence-corrected chi connectivity index (χ2v) is 6.53. The molecular weight excluding hydrogens is 377 g/mol. The van der Waals surface area contributed by atoms with Crippen molar-refractivity contribution in [3.63, 3.8) is 0 Å². The average Bonchev–Trinajstić information content (AvgIpc) is 2.68. The normalized spacial score (nSPS) is 10.4. The lowest BCUT2D eigenvalue weighted by molar-refractivity contribution is 0.103. The first-order chi connectivity index (χ1) is 13.1. The molecule has 146 valence electrons. The Balaban J connectivity index is 0.00000280. The van der Waals surface area contributed by atoms with Gasteiger partial charge in [-0.2, -0.15) is 0 Å². The molecule has 0 amide bonds. The number of hydrogen-bond acceptors (Lipinski definition) is 3. The lowest BCUT2D eigenvalue weighted by Crippen LogP contribution is -2.17. The van der Waals surface area contributed by atoms with Crippen LogP contribution < -0.4 is 4.74 Å². The highest BCUT2D eigenvalue weighted by Gasteiger charge is 2.12. The standard InChI is InChI=1S/C23H22FNO2.ClH/c1-25(15-17-6-4-3-5-7-17)16-18-8-10-19(11-9-18)23(26)20-12-13-22(27-2)21(24)14-20;/h3-14H,15-16H2,1-2H3;1H. The summed E-state index contributed by atoms with van der Waals surface area (Å²) in [6.07, 6.45) is 0. The van der Waals surface area contributed by atoms with Crippen LogP contribution in [0.25, 0.3) is 0 Å². The van der Waals surface area contributed by atoms with Gasteiger partial charge in [-0.05, 0) is 36.4 Å². The van der Waals surface area contributed by atoms with E-state index < -0.39 is 5.82 Å². The molecule has 0 bridgehead atoms. The van der Waals surface area contributed by atoms with Gasteiger partial charge in [-0.3, -0.25) is 9.69 Å². The van der Waals surface area contributed by atoms with Crippen LogP contribution in [0.5, 0.6) is 5.75 Å². The Morgan fingerprint density at radius 2 is 1.46 bits per heavy atom. The predicted molar refractivity (Wildman–Crippen MR) is 112 cm³/mol. The Hall–Kier alpha value is -2.69.